The van der Waals surface area contributed by atoms with E-state index in [1.54, 1.807) is 6.07 Å². The first-order chi connectivity index (χ1) is 16.4. The van der Waals surface area contributed by atoms with Crippen molar-refractivity contribution < 1.29 is 32.0 Å². The summed E-state index contributed by atoms with van der Waals surface area (Å²) in [6, 6.07) is 6.56. The van der Waals surface area contributed by atoms with E-state index in [2.05, 4.69) is 16.4 Å². The zero-order valence-corrected chi connectivity index (χ0v) is 21.5. The van der Waals surface area contributed by atoms with Gasteiger partial charge in [0.15, 0.2) is 12.7 Å². The second-order valence-corrected chi connectivity index (χ2v) is 10.7. The fraction of sp³-hybridized carbons (Fsp3) is 0.423. The fourth-order valence-electron chi connectivity index (χ4n) is 4.54. The number of hydrogen-bond donors (Lipinski definition) is 0. The maximum atomic E-state index is 11.7. The number of carbonyl (C=O) groups excluding carboxylic acids is 1. The van der Waals surface area contributed by atoms with Gasteiger partial charge in [-0.2, -0.15) is 4.57 Å². The van der Waals surface area contributed by atoms with Gasteiger partial charge in [-0.3, -0.25) is 0 Å². The normalized spacial score (nSPS) is 16.3. The molecule has 0 bridgehead atoms. The van der Waals surface area contributed by atoms with Crippen molar-refractivity contribution in [2.75, 3.05) is 11.4 Å². The topological polar surface area (TPSA) is 108 Å². The van der Waals surface area contributed by atoms with Crippen molar-refractivity contribution in [1.82, 2.24) is 0 Å². The molecule has 0 fully saturated rings. The van der Waals surface area contributed by atoms with Crippen LogP contribution in [-0.4, -0.2) is 25.5 Å². The Kier molecular flexibility index (Phi) is 8.12. The minimum Gasteiger partial charge on any atom is -0.744 e. The van der Waals surface area contributed by atoms with Gasteiger partial charge >= 0.3 is 6.33 Å². The van der Waals surface area contributed by atoms with Gasteiger partial charge in [0.1, 0.15) is 17.2 Å². The third kappa shape index (κ3) is 6.15. The average molecular weight is 500 g/mol. The second-order valence-electron chi connectivity index (χ2n) is 9.31. The van der Waals surface area contributed by atoms with E-state index in [1.807, 2.05) is 62.3 Å². The van der Waals surface area contributed by atoms with Gasteiger partial charge in [-0.1, -0.05) is 26.3 Å². The number of anilines is 1. The van der Waals surface area contributed by atoms with Crippen molar-refractivity contribution >= 4 is 27.9 Å². The molecule has 2 aromatic rings. The summed E-state index contributed by atoms with van der Waals surface area (Å²) in [5.41, 5.74) is 3.13. The number of aromatic nitrogens is 2. The number of carboxylic acids is 1. The molecule has 9 heteroatoms. The van der Waals surface area contributed by atoms with E-state index in [0.29, 0.717) is 13.0 Å². The van der Waals surface area contributed by atoms with E-state index >= 15 is 0 Å². The third-order valence-corrected chi connectivity index (χ3v) is 7.24. The van der Waals surface area contributed by atoms with Gasteiger partial charge in [0, 0.05) is 35.4 Å². The Hall–Kier alpha value is -3.04. The Balaban J connectivity index is 1.96. The van der Waals surface area contributed by atoms with Crippen LogP contribution in [0.25, 0.3) is 6.08 Å². The molecule has 0 aliphatic carbocycles. The van der Waals surface area contributed by atoms with Crippen molar-refractivity contribution in [3.63, 3.8) is 0 Å². The molecule has 0 amide bonds. The molecule has 0 spiro atoms. The van der Waals surface area contributed by atoms with E-state index < -0.39 is 21.5 Å². The lowest BCUT2D eigenvalue weighted by atomic mass is 9.83. The summed E-state index contributed by atoms with van der Waals surface area (Å²) in [6.45, 7) is 7.57. The standard InChI is InChI=1S/C26H33N3O5S/c1-5-28-19-27(4)17-15-20(28)10-9-11-24-26(2,3)22-18-21(35(32,33)34)13-14-23(22)29(24)16-8-6-7-12-25(30)31/h9-11,13-15,17-19H,5-8,12,16H2,1-4H3. The lowest BCUT2D eigenvalue weighted by Gasteiger charge is -2.27. The fourth-order valence-corrected chi connectivity index (χ4v) is 5.03. The molecule has 0 N–H and O–H groups in total. The molecule has 8 nitrogen and oxygen atoms in total. The molecule has 0 saturated heterocycles. The molecule has 1 aliphatic rings. The van der Waals surface area contributed by atoms with E-state index in [4.69, 9.17) is 0 Å². The lowest BCUT2D eigenvalue weighted by molar-refractivity contribution is -0.815. The molecule has 1 aromatic heterocycles. The maximum Gasteiger partial charge on any atom is 0.406 e. The molecule has 35 heavy (non-hydrogen) atoms. The summed E-state index contributed by atoms with van der Waals surface area (Å²) in [6.07, 6.45) is 12.1. The zero-order chi connectivity index (χ0) is 25.8. The minimum atomic E-state index is -4.57. The number of carbonyl (C=O) groups is 1. The number of fused-ring (bicyclic) bond motifs is 1. The van der Waals surface area contributed by atoms with Gasteiger partial charge in [0.2, 0.25) is 5.69 Å². The molecular formula is C26H33N3O5S. The van der Waals surface area contributed by atoms with Crippen molar-refractivity contribution in [2.24, 2.45) is 7.05 Å². The van der Waals surface area contributed by atoms with Gasteiger partial charge in [-0.05, 0) is 56.0 Å². The van der Waals surface area contributed by atoms with Gasteiger partial charge in [0.05, 0.1) is 11.0 Å². The highest BCUT2D eigenvalue weighted by Gasteiger charge is 2.40. The first-order valence-electron chi connectivity index (χ1n) is 11.8. The monoisotopic (exact) mass is 499 g/mol. The quantitative estimate of drug-likeness (QED) is 0.280. The van der Waals surface area contributed by atoms with E-state index in [1.165, 1.54) is 12.1 Å². The smallest absolute Gasteiger partial charge is 0.406 e. The Morgan fingerprint density at radius 3 is 2.57 bits per heavy atom. The Labute approximate surface area is 207 Å². The van der Waals surface area contributed by atoms with Crippen LogP contribution in [0.5, 0.6) is 0 Å². The van der Waals surface area contributed by atoms with E-state index in [9.17, 15) is 22.9 Å². The molecule has 188 valence electrons. The molecular weight excluding hydrogens is 466 g/mol. The number of nitrogens with zero attached hydrogens (tertiary/aromatic N) is 3. The summed E-state index contributed by atoms with van der Waals surface area (Å²) in [4.78, 5) is 12.6. The third-order valence-electron chi connectivity index (χ3n) is 6.41. The van der Waals surface area contributed by atoms with Crippen LogP contribution in [0.4, 0.5) is 5.69 Å². The zero-order valence-electron chi connectivity index (χ0n) is 20.7. The summed E-state index contributed by atoms with van der Waals surface area (Å²) in [5, 5.41) is 10.7. The molecule has 1 aromatic carbocycles. The highest BCUT2D eigenvalue weighted by Crippen LogP contribution is 2.48. The average Bonchev–Trinajstić information content (AvgIpc) is 2.99. The van der Waals surface area contributed by atoms with Crippen molar-refractivity contribution in [1.29, 1.82) is 0 Å². The van der Waals surface area contributed by atoms with Crippen molar-refractivity contribution in [3.8, 4) is 0 Å². The van der Waals surface area contributed by atoms with Crippen LogP contribution in [-0.2, 0) is 33.9 Å². The number of hydrogen-bond acceptors (Lipinski definition) is 6. The molecule has 1 aliphatic heterocycles. The van der Waals surface area contributed by atoms with Crippen LogP contribution in [0.1, 0.15) is 57.7 Å². The Morgan fingerprint density at radius 1 is 1.17 bits per heavy atom. The van der Waals surface area contributed by atoms with Crippen LogP contribution in [0.2, 0.25) is 0 Å². The van der Waals surface area contributed by atoms with Crippen LogP contribution < -0.4 is 19.1 Å². The molecule has 0 radical (unpaired) electrons. The largest absolute Gasteiger partial charge is 0.744 e. The van der Waals surface area contributed by atoms with E-state index in [-0.39, 0.29) is 11.3 Å². The van der Waals surface area contributed by atoms with Crippen molar-refractivity contribution in [3.05, 3.63) is 65.9 Å². The Morgan fingerprint density at radius 2 is 1.91 bits per heavy atom. The number of carboxylic acid groups (broad SMARTS) is 1. The van der Waals surface area contributed by atoms with Gasteiger partial charge in [-0.25, -0.2) is 8.42 Å². The molecule has 0 atom stereocenters. The maximum absolute atomic E-state index is 11.7. The van der Waals surface area contributed by atoms with E-state index in [0.717, 1.165) is 42.0 Å². The van der Waals surface area contributed by atoms with Gasteiger partial charge < -0.3 is 19.4 Å². The lowest BCUT2D eigenvalue weighted by Crippen LogP contribution is -2.45. The molecule has 3 rings (SSSR count). The number of rotatable bonds is 10. The second kappa shape index (κ2) is 10.7. The first-order valence-corrected chi connectivity index (χ1v) is 13.2. The summed E-state index contributed by atoms with van der Waals surface area (Å²) < 4.78 is 39.1. The highest BCUT2D eigenvalue weighted by atomic mass is 32.2. The molecule has 0 unspecified atom stereocenters. The molecule has 2 heterocycles. The SMILES string of the molecule is CC[n+]1c[n+](C)ccc1C=CC=C1N(CCCCCC(=O)[O-])c2ccc(S(=O)(=O)[O-])cc2C1(C)C. The van der Waals surface area contributed by atoms with Crippen molar-refractivity contribution in [2.45, 2.75) is 63.3 Å². The summed E-state index contributed by atoms with van der Waals surface area (Å²) in [5.74, 6) is -1.05. The number of aliphatic carboxylic acids is 1. The van der Waals surface area contributed by atoms with Crippen LogP contribution in [0.3, 0.4) is 0 Å². The van der Waals surface area contributed by atoms with Gasteiger partial charge in [-0.15, -0.1) is 4.57 Å². The first kappa shape index (κ1) is 26.6. The number of unbranched alkanes of at least 4 members (excludes halogenated alkanes) is 2. The number of aryl methyl sites for hydroxylation is 2. The molecule has 0 saturated carbocycles. The summed E-state index contributed by atoms with van der Waals surface area (Å²) in [7, 11) is -2.60. The summed E-state index contributed by atoms with van der Waals surface area (Å²) >= 11 is 0. The Bertz CT molecular complexity index is 1270. The van der Waals surface area contributed by atoms with Crippen LogP contribution >= 0.6 is 0 Å². The van der Waals surface area contributed by atoms with Crippen LogP contribution in [0.15, 0.2) is 59.5 Å². The number of benzene rings is 1. The van der Waals surface area contributed by atoms with Crippen LogP contribution in [0, 0.1) is 0 Å². The number of allylic oxidation sites excluding steroid dienone is 3. The predicted octanol–water partition coefficient (Wildman–Crippen LogP) is 1.73. The highest BCUT2D eigenvalue weighted by molar-refractivity contribution is 7.85. The minimum absolute atomic E-state index is 0.0322. The predicted molar refractivity (Wildman–Crippen MR) is 129 cm³/mol. The van der Waals surface area contributed by atoms with Gasteiger partial charge in [0.25, 0.3) is 0 Å².